The first-order valence-corrected chi connectivity index (χ1v) is 6.64. The second-order valence-electron chi connectivity index (χ2n) is 6.56. The Labute approximate surface area is 106 Å². The summed E-state index contributed by atoms with van der Waals surface area (Å²) in [6.07, 6.45) is 5.33. The van der Waals surface area contributed by atoms with Crippen LogP contribution in [0.2, 0.25) is 0 Å². The minimum absolute atomic E-state index is 0.522. The first-order valence-electron chi connectivity index (χ1n) is 6.64. The van der Waals surface area contributed by atoms with Gasteiger partial charge in [0.05, 0.1) is 0 Å². The third kappa shape index (κ3) is 67.7. The van der Waals surface area contributed by atoms with Crippen LogP contribution in [0.15, 0.2) is 12.2 Å². The summed E-state index contributed by atoms with van der Waals surface area (Å²) >= 11 is 0. The summed E-state index contributed by atoms with van der Waals surface area (Å²) in [7, 11) is 0. The van der Waals surface area contributed by atoms with Crippen LogP contribution < -0.4 is 0 Å². The Hall–Kier alpha value is -0.260. The van der Waals surface area contributed by atoms with Crippen molar-refractivity contribution in [3.05, 3.63) is 12.2 Å². The van der Waals surface area contributed by atoms with Gasteiger partial charge in [-0.15, -0.1) is 0 Å². The van der Waals surface area contributed by atoms with Gasteiger partial charge in [0.2, 0.25) is 0 Å². The normalized spacial score (nSPS) is 11.0. The monoisotopic (exact) mass is 228 g/mol. The lowest BCUT2D eigenvalue weighted by Gasteiger charge is -2.19. The smallest absolute Gasteiger partial charge is 0.0380 e. The minimum atomic E-state index is 0.522. The van der Waals surface area contributed by atoms with Gasteiger partial charge >= 0.3 is 0 Å². The molecule has 0 amide bonds. The molecule has 0 saturated heterocycles. The molecule has 0 aromatic rings. The van der Waals surface area contributed by atoms with E-state index in [1.165, 1.54) is 6.42 Å². The molecule has 0 aliphatic rings. The van der Waals surface area contributed by atoms with Gasteiger partial charge < -0.3 is 0 Å². The molecule has 0 rings (SSSR count). The summed E-state index contributed by atoms with van der Waals surface area (Å²) < 4.78 is 0. The second-order valence-corrected chi connectivity index (χ2v) is 6.56. The SMILES string of the molecule is C/C=C/C.CC(C)C.CC(C)CC(C)(C)C. The van der Waals surface area contributed by atoms with E-state index in [4.69, 9.17) is 0 Å². The number of hydrogen-bond acceptors (Lipinski definition) is 0. The van der Waals surface area contributed by atoms with Crippen molar-refractivity contribution in [3.8, 4) is 0 Å². The fraction of sp³-hybridized carbons (Fsp3) is 0.875. The van der Waals surface area contributed by atoms with Gasteiger partial charge in [-0.05, 0) is 37.5 Å². The van der Waals surface area contributed by atoms with E-state index in [9.17, 15) is 0 Å². The molecule has 0 unspecified atom stereocenters. The average molecular weight is 228 g/mol. The van der Waals surface area contributed by atoms with Gasteiger partial charge in [0, 0.05) is 0 Å². The van der Waals surface area contributed by atoms with E-state index in [1.807, 2.05) is 26.0 Å². The molecular formula is C16H36. The highest BCUT2D eigenvalue weighted by Gasteiger charge is 2.11. The van der Waals surface area contributed by atoms with Crippen molar-refractivity contribution in [2.24, 2.45) is 17.3 Å². The highest BCUT2D eigenvalue weighted by molar-refractivity contribution is 4.68. The molecule has 0 aromatic heterocycles. The average Bonchev–Trinajstić information content (AvgIpc) is 1.99. The molecule has 0 fully saturated rings. The summed E-state index contributed by atoms with van der Waals surface area (Å²) in [5.74, 6) is 1.68. The van der Waals surface area contributed by atoms with E-state index in [2.05, 4.69) is 55.4 Å². The third-order valence-electron chi connectivity index (χ3n) is 1.35. The highest BCUT2D eigenvalue weighted by atomic mass is 14.2. The Morgan fingerprint density at radius 3 is 1.06 bits per heavy atom. The summed E-state index contributed by atoms with van der Waals surface area (Å²) in [6.45, 7) is 21.9. The van der Waals surface area contributed by atoms with Crippen LogP contribution in [0.3, 0.4) is 0 Å². The molecule has 0 radical (unpaired) electrons. The van der Waals surface area contributed by atoms with Crippen LogP contribution in [0, 0.1) is 17.3 Å². The molecule has 0 saturated carbocycles. The summed E-state index contributed by atoms with van der Waals surface area (Å²) in [6, 6.07) is 0. The maximum absolute atomic E-state index is 2.28. The number of rotatable bonds is 1. The summed E-state index contributed by atoms with van der Waals surface area (Å²) in [4.78, 5) is 0. The van der Waals surface area contributed by atoms with Gasteiger partial charge in [-0.25, -0.2) is 0 Å². The van der Waals surface area contributed by atoms with Gasteiger partial charge in [-0.3, -0.25) is 0 Å². The molecule has 0 aliphatic carbocycles. The Morgan fingerprint density at radius 2 is 1.06 bits per heavy atom. The molecule has 16 heavy (non-hydrogen) atoms. The molecular weight excluding hydrogens is 192 g/mol. The van der Waals surface area contributed by atoms with E-state index in [-0.39, 0.29) is 0 Å². The molecule has 100 valence electrons. The quantitative estimate of drug-likeness (QED) is 0.460. The minimum Gasteiger partial charge on any atom is -0.0919 e. The van der Waals surface area contributed by atoms with Gasteiger partial charge in [-0.2, -0.15) is 0 Å². The zero-order chi connectivity index (χ0) is 13.8. The maximum Gasteiger partial charge on any atom is -0.0380 e. The van der Waals surface area contributed by atoms with Gasteiger partial charge in [-0.1, -0.05) is 67.5 Å². The highest BCUT2D eigenvalue weighted by Crippen LogP contribution is 2.23. The first-order chi connectivity index (χ1) is 7.06. The number of allylic oxidation sites excluding steroid dienone is 2. The van der Waals surface area contributed by atoms with Crippen molar-refractivity contribution in [3.63, 3.8) is 0 Å². The van der Waals surface area contributed by atoms with Crippen molar-refractivity contribution in [1.29, 1.82) is 0 Å². The van der Waals surface area contributed by atoms with Crippen molar-refractivity contribution in [1.82, 2.24) is 0 Å². The van der Waals surface area contributed by atoms with Gasteiger partial charge in [0.25, 0.3) is 0 Å². The molecule has 0 heteroatoms. The van der Waals surface area contributed by atoms with Crippen molar-refractivity contribution in [2.45, 2.75) is 75.7 Å². The van der Waals surface area contributed by atoms with Crippen LogP contribution in [0.1, 0.15) is 75.7 Å². The Balaban J connectivity index is -0.000000179. The van der Waals surface area contributed by atoms with Crippen LogP contribution in [-0.4, -0.2) is 0 Å². The van der Waals surface area contributed by atoms with E-state index >= 15 is 0 Å². The molecule has 0 nitrogen and oxygen atoms in total. The Morgan fingerprint density at radius 1 is 0.812 bits per heavy atom. The molecule has 0 aliphatic heterocycles. The van der Waals surface area contributed by atoms with E-state index in [0.717, 1.165) is 11.8 Å². The van der Waals surface area contributed by atoms with E-state index in [1.54, 1.807) is 0 Å². The van der Waals surface area contributed by atoms with Gasteiger partial charge in [0.1, 0.15) is 0 Å². The fourth-order valence-electron chi connectivity index (χ4n) is 1.22. The second kappa shape index (κ2) is 12.8. The molecule has 0 spiro atoms. The summed E-state index contributed by atoms with van der Waals surface area (Å²) in [5, 5.41) is 0. The molecule has 0 heterocycles. The maximum atomic E-state index is 2.28. The lowest BCUT2D eigenvalue weighted by molar-refractivity contribution is 0.320. The van der Waals surface area contributed by atoms with E-state index < -0.39 is 0 Å². The standard InChI is InChI=1S/C8H18.C4H10.C4H8/c1-7(2)6-8(3,4)5;1-4(2)3;1-3-4-2/h7H,6H2,1-5H3;4H,1-3H3;3-4H,1-2H3/b;;4-3+. The van der Waals surface area contributed by atoms with Crippen molar-refractivity contribution >= 4 is 0 Å². The van der Waals surface area contributed by atoms with Crippen LogP contribution in [-0.2, 0) is 0 Å². The lowest BCUT2D eigenvalue weighted by atomic mass is 9.86. The van der Waals surface area contributed by atoms with Crippen molar-refractivity contribution < 1.29 is 0 Å². The van der Waals surface area contributed by atoms with Crippen LogP contribution in [0.4, 0.5) is 0 Å². The first kappa shape index (κ1) is 21.1. The van der Waals surface area contributed by atoms with Crippen LogP contribution >= 0.6 is 0 Å². The van der Waals surface area contributed by atoms with Crippen LogP contribution in [0.5, 0.6) is 0 Å². The van der Waals surface area contributed by atoms with E-state index in [0.29, 0.717) is 5.41 Å². The third-order valence-corrected chi connectivity index (χ3v) is 1.35. The number of hydrogen-bond donors (Lipinski definition) is 0. The Kier molecular flexibility index (Phi) is 16.9. The summed E-state index contributed by atoms with van der Waals surface area (Å²) in [5.41, 5.74) is 0.522. The molecule has 0 N–H and O–H groups in total. The largest absolute Gasteiger partial charge is 0.0919 e. The molecule has 0 atom stereocenters. The van der Waals surface area contributed by atoms with Gasteiger partial charge in [0.15, 0.2) is 0 Å². The molecule has 0 bridgehead atoms. The van der Waals surface area contributed by atoms with Crippen molar-refractivity contribution in [2.75, 3.05) is 0 Å². The lowest BCUT2D eigenvalue weighted by Crippen LogP contribution is -2.08. The zero-order valence-corrected chi connectivity index (χ0v) is 13.5. The predicted molar refractivity (Wildman–Crippen MR) is 79.9 cm³/mol. The fourth-order valence-corrected chi connectivity index (χ4v) is 1.22. The zero-order valence-electron chi connectivity index (χ0n) is 13.5. The topological polar surface area (TPSA) is 0 Å². The van der Waals surface area contributed by atoms with Crippen LogP contribution in [0.25, 0.3) is 0 Å². The molecule has 0 aromatic carbocycles. The Bertz CT molecular complexity index is 126. The predicted octanol–water partition coefficient (Wildman–Crippen LogP) is 6.32.